The van der Waals surface area contributed by atoms with Crippen molar-refractivity contribution in [2.75, 3.05) is 13.1 Å². The molecule has 0 aromatic heterocycles. The summed E-state index contributed by atoms with van der Waals surface area (Å²) in [5.74, 6) is 0. The van der Waals surface area contributed by atoms with E-state index in [4.69, 9.17) is 0 Å². The summed E-state index contributed by atoms with van der Waals surface area (Å²) < 4.78 is 12.8. The maximum Gasteiger partial charge on any atom is 0.114 e. The molecule has 1 nitrogen and oxygen atoms in total. The molecule has 2 heteroatoms. The molecule has 1 saturated heterocycles. The molecular formula is C9H16FN. The standard InChI is InChI=1S/C9H16FN/c1-2-9(4-5-9)11-6-3-8(10)7-11/h8H,2-7H2,1H3. The minimum atomic E-state index is -0.543. The molecule has 1 aliphatic carbocycles. The third kappa shape index (κ3) is 1.18. The lowest BCUT2D eigenvalue weighted by Gasteiger charge is -2.25. The first-order valence-corrected chi connectivity index (χ1v) is 4.66. The van der Waals surface area contributed by atoms with Crippen LogP contribution in [-0.4, -0.2) is 29.7 Å². The third-order valence-corrected chi connectivity index (χ3v) is 3.29. The van der Waals surface area contributed by atoms with Crippen LogP contribution in [0.5, 0.6) is 0 Å². The summed E-state index contributed by atoms with van der Waals surface area (Å²) in [6.07, 6.45) is 4.03. The average molecular weight is 157 g/mol. The van der Waals surface area contributed by atoms with Gasteiger partial charge in [0.2, 0.25) is 0 Å². The monoisotopic (exact) mass is 157 g/mol. The molecule has 1 saturated carbocycles. The van der Waals surface area contributed by atoms with E-state index in [-0.39, 0.29) is 0 Å². The van der Waals surface area contributed by atoms with Gasteiger partial charge >= 0.3 is 0 Å². The molecule has 2 rings (SSSR count). The van der Waals surface area contributed by atoms with E-state index in [9.17, 15) is 4.39 Å². The van der Waals surface area contributed by atoms with Crippen LogP contribution in [-0.2, 0) is 0 Å². The molecule has 0 aromatic rings. The highest BCUT2D eigenvalue weighted by Crippen LogP contribution is 2.46. The molecule has 2 fully saturated rings. The van der Waals surface area contributed by atoms with Crippen LogP contribution in [0.2, 0.25) is 0 Å². The zero-order valence-electron chi connectivity index (χ0n) is 7.15. The van der Waals surface area contributed by atoms with Gasteiger partial charge in [0.25, 0.3) is 0 Å². The van der Waals surface area contributed by atoms with Crippen LogP contribution < -0.4 is 0 Å². The molecule has 0 radical (unpaired) electrons. The van der Waals surface area contributed by atoms with Gasteiger partial charge in [0.15, 0.2) is 0 Å². The summed E-state index contributed by atoms with van der Waals surface area (Å²) in [6, 6.07) is 0. The number of hydrogen-bond donors (Lipinski definition) is 0. The summed E-state index contributed by atoms with van der Waals surface area (Å²) in [6.45, 7) is 3.92. The van der Waals surface area contributed by atoms with E-state index in [1.807, 2.05) is 0 Å². The van der Waals surface area contributed by atoms with Gasteiger partial charge in [0.1, 0.15) is 6.17 Å². The average Bonchev–Trinajstić information content (AvgIpc) is 2.70. The molecule has 0 amide bonds. The molecule has 0 aromatic carbocycles. The fourth-order valence-corrected chi connectivity index (χ4v) is 2.19. The van der Waals surface area contributed by atoms with E-state index in [0.29, 0.717) is 12.1 Å². The number of rotatable bonds is 2. The summed E-state index contributed by atoms with van der Waals surface area (Å²) in [5, 5.41) is 0. The number of hydrogen-bond acceptors (Lipinski definition) is 1. The Morgan fingerprint density at radius 3 is 2.64 bits per heavy atom. The Kier molecular flexibility index (Phi) is 1.67. The Morgan fingerprint density at radius 1 is 1.55 bits per heavy atom. The fourth-order valence-electron chi connectivity index (χ4n) is 2.19. The fraction of sp³-hybridized carbons (Fsp3) is 1.00. The minimum Gasteiger partial charge on any atom is -0.295 e. The van der Waals surface area contributed by atoms with Gasteiger partial charge in [-0.25, -0.2) is 4.39 Å². The van der Waals surface area contributed by atoms with Crippen LogP contribution in [0.15, 0.2) is 0 Å². The van der Waals surface area contributed by atoms with Crippen molar-refractivity contribution in [1.82, 2.24) is 4.90 Å². The van der Waals surface area contributed by atoms with Crippen molar-refractivity contribution < 1.29 is 4.39 Å². The topological polar surface area (TPSA) is 3.24 Å². The van der Waals surface area contributed by atoms with Crippen molar-refractivity contribution in [3.05, 3.63) is 0 Å². The van der Waals surface area contributed by atoms with Gasteiger partial charge in [-0.15, -0.1) is 0 Å². The molecule has 0 bridgehead atoms. The molecule has 1 unspecified atom stereocenters. The number of likely N-dealkylation sites (tertiary alicyclic amines) is 1. The third-order valence-electron chi connectivity index (χ3n) is 3.29. The minimum absolute atomic E-state index is 0.445. The van der Waals surface area contributed by atoms with Gasteiger partial charge in [-0.3, -0.25) is 4.90 Å². The number of alkyl halides is 1. The van der Waals surface area contributed by atoms with Crippen LogP contribution in [0, 0.1) is 0 Å². The summed E-state index contributed by atoms with van der Waals surface area (Å²) in [5.41, 5.74) is 0.445. The quantitative estimate of drug-likeness (QED) is 0.592. The van der Waals surface area contributed by atoms with Gasteiger partial charge in [0, 0.05) is 18.6 Å². The van der Waals surface area contributed by atoms with Crippen molar-refractivity contribution in [1.29, 1.82) is 0 Å². The van der Waals surface area contributed by atoms with E-state index < -0.39 is 6.17 Å². The second kappa shape index (κ2) is 2.44. The first-order chi connectivity index (χ1) is 5.27. The summed E-state index contributed by atoms with van der Waals surface area (Å²) >= 11 is 0. The Morgan fingerprint density at radius 2 is 2.27 bits per heavy atom. The van der Waals surface area contributed by atoms with Crippen LogP contribution >= 0.6 is 0 Å². The largest absolute Gasteiger partial charge is 0.295 e. The van der Waals surface area contributed by atoms with Crippen LogP contribution in [0.3, 0.4) is 0 Å². The van der Waals surface area contributed by atoms with E-state index in [1.165, 1.54) is 19.3 Å². The van der Waals surface area contributed by atoms with Gasteiger partial charge in [0.05, 0.1) is 0 Å². The predicted molar refractivity (Wildman–Crippen MR) is 43.3 cm³/mol. The smallest absolute Gasteiger partial charge is 0.114 e. The molecule has 0 N–H and O–H groups in total. The second-order valence-electron chi connectivity index (χ2n) is 3.91. The van der Waals surface area contributed by atoms with Gasteiger partial charge in [-0.1, -0.05) is 6.92 Å². The molecular weight excluding hydrogens is 141 g/mol. The molecule has 1 atom stereocenters. The zero-order chi connectivity index (χ0) is 7.90. The number of nitrogens with zero attached hydrogens (tertiary/aromatic N) is 1. The lowest BCUT2D eigenvalue weighted by atomic mass is 10.2. The van der Waals surface area contributed by atoms with Crippen molar-refractivity contribution in [2.45, 2.75) is 44.3 Å². The maximum absolute atomic E-state index is 12.8. The van der Waals surface area contributed by atoms with Crippen molar-refractivity contribution in [3.8, 4) is 0 Å². The van der Waals surface area contributed by atoms with Crippen molar-refractivity contribution in [2.24, 2.45) is 0 Å². The van der Waals surface area contributed by atoms with E-state index in [1.54, 1.807) is 0 Å². The number of halogens is 1. The van der Waals surface area contributed by atoms with Crippen LogP contribution in [0.1, 0.15) is 32.6 Å². The molecule has 64 valence electrons. The van der Waals surface area contributed by atoms with Crippen LogP contribution in [0.25, 0.3) is 0 Å². The van der Waals surface area contributed by atoms with Crippen molar-refractivity contribution >= 4 is 0 Å². The summed E-state index contributed by atoms with van der Waals surface area (Å²) in [7, 11) is 0. The van der Waals surface area contributed by atoms with Gasteiger partial charge in [-0.05, 0) is 25.7 Å². The highest BCUT2D eigenvalue weighted by Gasteiger charge is 2.48. The molecule has 1 heterocycles. The molecule has 0 spiro atoms. The molecule has 1 aliphatic heterocycles. The first-order valence-electron chi connectivity index (χ1n) is 4.66. The lowest BCUT2D eigenvalue weighted by Crippen LogP contribution is -2.34. The Hall–Kier alpha value is -0.110. The highest BCUT2D eigenvalue weighted by atomic mass is 19.1. The van der Waals surface area contributed by atoms with Gasteiger partial charge < -0.3 is 0 Å². The maximum atomic E-state index is 12.8. The van der Waals surface area contributed by atoms with E-state index in [2.05, 4.69) is 11.8 Å². The van der Waals surface area contributed by atoms with E-state index in [0.717, 1.165) is 13.0 Å². The zero-order valence-corrected chi connectivity index (χ0v) is 7.15. The van der Waals surface area contributed by atoms with Crippen molar-refractivity contribution in [3.63, 3.8) is 0 Å². The molecule has 2 aliphatic rings. The Labute approximate surface area is 67.6 Å². The predicted octanol–water partition coefficient (Wildman–Crippen LogP) is 1.97. The first kappa shape index (κ1) is 7.53. The molecule has 11 heavy (non-hydrogen) atoms. The Balaban J connectivity index is 1.95. The summed E-state index contributed by atoms with van der Waals surface area (Å²) in [4.78, 5) is 2.36. The highest BCUT2D eigenvalue weighted by molar-refractivity contribution is 5.04. The van der Waals surface area contributed by atoms with E-state index >= 15 is 0 Å². The lowest BCUT2D eigenvalue weighted by molar-refractivity contribution is 0.196. The second-order valence-corrected chi connectivity index (χ2v) is 3.91. The SMILES string of the molecule is CCC1(N2CCC(F)C2)CC1. The Bertz CT molecular complexity index is 154. The van der Waals surface area contributed by atoms with Crippen LogP contribution in [0.4, 0.5) is 4.39 Å². The normalized spacial score (nSPS) is 36.0. The van der Waals surface area contributed by atoms with Gasteiger partial charge in [-0.2, -0.15) is 0 Å².